The van der Waals surface area contributed by atoms with Crippen molar-refractivity contribution in [2.45, 2.75) is 58.5 Å². The molecule has 2 fully saturated rings. The van der Waals surface area contributed by atoms with Crippen LogP contribution in [0.5, 0.6) is 0 Å². The molecule has 1 amide bonds. The number of nitrogens with one attached hydrogen (secondary N) is 1. The Balaban J connectivity index is 1.70. The highest BCUT2D eigenvalue weighted by Gasteiger charge is 2.24. The highest BCUT2D eigenvalue weighted by Crippen LogP contribution is 2.17. The fraction of sp³-hybridized carbons (Fsp3) is 0.889. The molecule has 2 unspecified atom stereocenters. The Morgan fingerprint density at radius 2 is 2.04 bits per heavy atom. The number of hydrogen-bond donors (Lipinski definition) is 2. The van der Waals surface area contributed by atoms with E-state index in [0.717, 1.165) is 31.8 Å². The predicted molar refractivity (Wildman–Crippen MR) is 101 cm³/mol. The number of carbonyl (C=O) groups is 1. The Kier molecular flexibility index (Phi) is 7.81. The van der Waals surface area contributed by atoms with Crippen LogP contribution in [-0.2, 0) is 4.74 Å². The van der Waals surface area contributed by atoms with Crippen molar-refractivity contribution in [1.82, 2.24) is 15.1 Å². The molecule has 0 aromatic rings. The van der Waals surface area contributed by atoms with E-state index in [1.54, 1.807) is 4.90 Å². The molecule has 7 heteroatoms. The molecule has 0 bridgehead atoms. The summed E-state index contributed by atoms with van der Waals surface area (Å²) in [5.74, 6) is 1.30. The van der Waals surface area contributed by atoms with Gasteiger partial charge in [-0.25, -0.2) is 4.79 Å². The lowest BCUT2D eigenvalue weighted by Gasteiger charge is -2.35. The van der Waals surface area contributed by atoms with Gasteiger partial charge in [-0.15, -0.1) is 0 Å². The number of aliphatic imine (C=N–C) groups is 1. The quantitative estimate of drug-likeness (QED) is 0.580. The molecule has 25 heavy (non-hydrogen) atoms. The molecule has 2 rings (SSSR count). The molecule has 0 spiro atoms. The lowest BCUT2D eigenvalue weighted by Crippen LogP contribution is -2.49. The molecule has 144 valence electrons. The lowest BCUT2D eigenvalue weighted by molar-refractivity contribution is 0.0963. The number of nitrogens with two attached hydrogens (primary N) is 1. The van der Waals surface area contributed by atoms with Gasteiger partial charge in [-0.3, -0.25) is 9.89 Å². The summed E-state index contributed by atoms with van der Waals surface area (Å²) in [7, 11) is 0. The molecule has 2 atom stereocenters. The van der Waals surface area contributed by atoms with Gasteiger partial charge in [0.05, 0.1) is 13.2 Å². The number of likely N-dealkylation sites (tertiary alicyclic amines) is 2. The van der Waals surface area contributed by atoms with Crippen molar-refractivity contribution in [2.24, 2.45) is 16.6 Å². The molecule has 0 saturated carbocycles. The van der Waals surface area contributed by atoms with E-state index in [1.165, 1.54) is 19.4 Å². The fourth-order valence-electron chi connectivity index (χ4n) is 3.65. The van der Waals surface area contributed by atoms with Crippen LogP contribution < -0.4 is 11.1 Å². The van der Waals surface area contributed by atoms with Gasteiger partial charge >= 0.3 is 6.09 Å². The molecular formula is C18H35N5O2. The highest BCUT2D eigenvalue weighted by atomic mass is 16.6. The van der Waals surface area contributed by atoms with Gasteiger partial charge in [0.1, 0.15) is 0 Å². The number of nitrogens with zero attached hydrogens (tertiary/aromatic N) is 3. The number of guanidine groups is 1. The summed E-state index contributed by atoms with van der Waals surface area (Å²) in [6, 6.07) is 0.702. The van der Waals surface area contributed by atoms with Crippen LogP contribution in [0.15, 0.2) is 4.99 Å². The molecule has 0 aliphatic carbocycles. The Morgan fingerprint density at radius 3 is 2.68 bits per heavy atom. The first-order chi connectivity index (χ1) is 12.0. The number of carbonyl (C=O) groups excluding carboxylic acids is 1. The standard InChI is InChI=1S/C18H35N5O2/c1-4-25-18(24)22-10-7-16(8-11-22)21-17(19)20-12-15(3)23-9-5-6-14(2)13-23/h14-16H,4-13H2,1-3H3,(H3,19,20,21). The zero-order valence-electron chi connectivity index (χ0n) is 16.0. The van der Waals surface area contributed by atoms with Crippen LogP contribution in [0.3, 0.4) is 0 Å². The van der Waals surface area contributed by atoms with E-state index >= 15 is 0 Å². The Bertz CT molecular complexity index is 449. The van der Waals surface area contributed by atoms with Crippen molar-refractivity contribution in [3.63, 3.8) is 0 Å². The summed E-state index contributed by atoms with van der Waals surface area (Å²) in [4.78, 5) is 20.5. The van der Waals surface area contributed by atoms with Gasteiger partial charge in [0, 0.05) is 31.7 Å². The van der Waals surface area contributed by atoms with Crippen molar-refractivity contribution in [2.75, 3.05) is 39.3 Å². The Labute approximate surface area is 152 Å². The third-order valence-corrected chi connectivity index (χ3v) is 5.21. The first kappa shape index (κ1) is 19.8. The first-order valence-electron chi connectivity index (χ1n) is 9.71. The average Bonchev–Trinajstić information content (AvgIpc) is 2.60. The van der Waals surface area contributed by atoms with E-state index < -0.39 is 0 Å². The number of ether oxygens (including phenoxy) is 1. The van der Waals surface area contributed by atoms with Crippen LogP contribution in [0.25, 0.3) is 0 Å². The zero-order valence-corrected chi connectivity index (χ0v) is 16.0. The zero-order chi connectivity index (χ0) is 18.2. The van der Waals surface area contributed by atoms with Gasteiger partial charge < -0.3 is 20.7 Å². The second-order valence-corrected chi connectivity index (χ2v) is 7.42. The summed E-state index contributed by atoms with van der Waals surface area (Å²) in [5, 5.41) is 3.31. The van der Waals surface area contributed by atoms with Crippen molar-refractivity contribution in [3.8, 4) is 0 Å². The van der Waals surface area contributed by atoms with Crippen LogP contribution in [0.2, 0.25) is 0 Å². The summed E-state index contributed by atoms with van der Waals surface area (Å²) >= 11 is 0. The Morgan fingerprint density at radius 1 is 1.32 bits per heavy atom. The monoisotopic (exact) mass is 353 g/mol. The third-order valence-electron chi connectivity index (χ3n) is 5.21. The van der Waals surface area contributed by atoms with Gasteiger partial charge in [0.2, 0.25) is 0 Å². The molecule has 0 radical (unpaired) electrons. The van der Waals surface area contributed by atoms with Gasteiger partial charge in [-0.05, 0) is 52.0 Å². The van der Waals surface area contributed by atoms with Crippen LogP contribution in [0.4, 0.5) is 4.79 Å². The minimum absolute atomic E-state index is 0.216. The minimum Gasteiger partial charge on any atom is -0.450 e. The second kappa shape index (κ2) is 9.85. The summed E-state index contributed by atoms with van der Waals surface area (Å²) in [5.41, 5.74) is 6.07. The fourth-order valence-corrected chi connectivity index (χ4v) is 3.65. The highest BCUT2D eigenvalue weighted by molar-refractivity contribution is 5.78. The molecule has 7 nitrogen and oxygen atoms in total. The van der Waals surface area contributed by atoms with Gasteiger partial charge in [-0.1, -0.05) is 6.92 Å². The SMILES string of the molecule is CCOC(=O)N1CCC(NC(N)=NCC(C)N2CCCC(C)C2)CC1. The van der Waals surface area contributed by atoms with Crippen LogP contribution in [0, 0.1) is 5.92 Å². The molecule has 3 N–H and O–H groups in total. The normalized spacial score (nSPS) is 24.8. The summed E-state index contributed by atoms with van der Waals surface area (Å²) in [6.45, 7) is 11.3. The van der Waals surface area contributed by atoms with Crippen molar-refractivity contribution in [1.29, 1.82) is 0 Å². The number of rotatable bonds is 5. The predicted octanol–water partition coefficient (Wildman–Crippen LogP) is 1.63. The van der Waals surface area contributed by atoms with Gasteiger partial charge in [0.15, 0.2) is 5.96 Å². The number of piperidine rings is 2. The van der Waals surface area contributed by atoms with E-state index in [1.807, 2.05) is 6.92 Å². The van der Waals surface area contributed by atoms with E-state index in [0.29, 0.717) is 31.7 Å². The maximum Gasteiger partial charge on any atom is 0.409 e. The molecule has 2 saturated heterocycles. The first-order valence-corrected chi connectivity index (χ1v) is 9.71. The Hall–Kier alpha value is -1.50. The van der Waals surface area contributed by atoms with Crippen molar-refractivity contribution >= 4 is 12.1 Å². The van der Waals surface area contributed by atoms with E-state index in [4.69, 9.17) is 10.5 Å². The maximum absolute atomic E-state index is 11.7. The number of amides is 1. The number of hydrogen-bond acceptors (Lipinski definition) is 4. The van der Waals surface area contributed by atoms with Gasteiger partial charge in [0.25, 0.3) is 0 Å². The summed E-state index contributed by atoms with van der Waals surface area (Å²) in [6.07, 6.45) is 4.14. The van der Waals surface area contributed by atoms with Crippen molar-refractivity contribution in [3.05, 3.63) is 0 Å². The van der Waals surface area contributed by atoms with E-state index in [2.05, 4.69) is 29.1 Å². The van der Waals surface area contributed by atoms with Crippen LogP contribution >= 0.6 is 0 Å². The maximum atomic E-state index is 11.7. The second-order valence-electron chi connectivity index (χ2n) is 7.42. The summed E-state index contributed by atoms with van der Waals surface area (Å²) < 4.78 is 5.04. The van der Waals surface area contributed by atoms with E-state index in [9.17, 15) is 4.79 Å². The van der Waals surface area contributed by atoms with Crippen LogP contribution in [0.1, 0.15) is 46.5 Å². The van der Waals surface area contributed by atoms with Crippen LogP contribution in [-0.4, -0.2) is 73.3 Å². The third kappa shape index (κ3) is 6.38. The molecular weight excluding hydrogens is 318 g/mol. The largest absolute Gasteiger partial charge is 0.450 e. The average molecular weight is 354 g/mol. The molecule has 2 aliphatic rings. The molecule has 0 aromatic carbocycles. The van der Waals surface area contributed by atoms with Crippen molar-refractivity contribution < 1.29 is 9.53 Å². The lowest BCUT2D eigenvalue weighted by atomic mass is 9.99. The van der Waals surface area contributed by atoms with Gasteiger partial charge in [-0.2, -0.15) is 0 Å². The van der Waals surface area contributed by atoms with E-state index in [-0.39, 0.29) is 12.1 Å². The smallest absolute Gasteiger partial charge is 0.409 e. The molecule has 0 aromatic heterocycles. The molecule has 2 aliphatic heterocycles. The topological polar surface area (TPSA) is 83.2 Å². The molecule has 2 heterocycles. The minimum atomic E-state index is -0.216.